The van der Waals surface area contributed by atoms with Gasteiger partial charge in [-0.25, -0.2) is 0 Å². The third-order valence-corrected chi connectivity index (χ3v) is 5.93. The fourth-order valence-electron chi connectivity index (χ4n) is 3.24. The average molecular weight is 295 g/mol. The highest BCUT2D eigenvalue weighted by atomic mass is 28.3. The summed E-state index contributed by atoms with van der Waals surface area (Å²) in [7, 11) is -0.521. The Morgan fingerprint density at radius 1 is 1.00 bits per heavy atom. The molecule has 0 spiro atoms. The largest absolute Gasteiger partial charge is 0.255 e. The second kappa shape index (κ2) is 6.52. The van der Waals surface area contributed by atoms with Crippen LogP contribution in [0.2, 0.25) is 13.1 Å². The van der Waals surface area contributed by atoms with E-state index in [-0.39, 0.29) is 0 Å². The standard InChI is InChI=1S/C18H23N2Si/c1-21(2)17-9-6-12-19-18(17)16-11-10-15(13-20-16)14-7-4-3-5-8-14/h6,9-14H,3-5,7-8H2,1-2H3. The number of aromatic nitrogens is 2. The molecule has 1 fully saturated rings. The molecular weight excluding hydrogens is 272 g/mol. The van der Waals surface area contributed by atoms with Gasteiger partial charge in [-0.2, -0.15) is 0 Å². The Morgan fingerprint density at radius 2 is 1.81 bits per heavy atom. The van der Waals surface area contributed by atoms with Crippen LogP contribution in [0.5, 0.6) is 0 Å². The normalized spacial score (nSPS) is 16.3. The fourth-order valence-corrected chi connectivity index (χ4v) is 4.33. The maximum atomic E-state index is 4.72. The smallest absolute Gasteiger partial charge is 0.0885 e. The monoisotopic (exact) mass is 295 g/mol. The number of rotatable bonds is 3. The van der Waals surface area contributed by atoms with Gasteiger partial charge in [0.05, 0.1) is 20.2 Å². The highest BCUT2D eigenvalue weighted by molar-refractivity contribution is 6.72. The summed E-state index contributed by atoms with van der Waals surface area (Å²) in [5, 5.41) is 1.38. The van der Waals surface area contributed by atoms with Crippen LogP contribution in [-0.2, 0) is 0 Å². The first-order chi connectivity index (χ1) is 10.3. The van der Waals surface area contributed by atoms with Crippen LogP contribution < -0.4 is 5.19 Å². The van der Waals surface area contributed by atoms with Crippen molar-refractivity contribution in [2.75, 3.05) is 0 Å². The summed E-state index contributed by atoms with van der Waals surface area (Å²) in [5.41, 5.74) is 3.51. The Balaban J connectivity index is 1.87. The van der Waals surface area contributed by atoms with Crippen molar-refractivity contribution in [2.45, 2.75) is 51.1 Å². The molecule has 0 saturated heterocycles. The third kappa shape index (κ3) is 3.23. The lowest BCUT2D eigenvalue weighted by Gasteiger charge is -2.21. The van der Waals surface area contributed by atoms with E-state index in [2.05, 4.69) is 42.5 Å². The fraction of sp³-hybridized carbons (Fsp3) is 0.444. The van der Waals surface area contributed by atoms with Crippen molar-refractivity contribution in [3.8, 4) is 11.4 Å². The first kappa shape index (κ1) is 14.5. The summed E-state index contributed by atoms with van der Waals surface area (Å²) in [6.45, 7) is 4.61. The molecule has 0 N–H and O–H groups in total. The van der Waals surface area contributed by atoms with E-state index in [1.807, 2.05) is 12.3 Å². The van der Waals surface area contributed by atoms with Crippen LogP contribution in [0.1, 0.15) is 43.6 Å². The highest BCUT2D eigenvalue weighted by Crippen LogP contribution is 2.32. The van der Waals surface area contributed by atoms with E-state index in [0.717, 1.165) is 17.3 Å². The minimum absolute atomic E-state index is 0.521. The molecule has 1 aliphatic carbocycles. The van der Waals surface area contributed by atoms with Crippen molar-refractivity contribution >= 4 is 14.0 Å². The molecule has 0 atom stereocenters. The van der Waals surface area contributed by atoms with Crippen LogP contribution in [0, 0.1) is 0 Å². The first-order valence-electron chi connectivity index (χ1n) is 7.97. The van der Waals surface area contributed by atoms with Crippen molar-refractivity contribution in [2.24, 2.45) is 0 Å². The van der Waals surface area contributed by atoms with Gasteiger partial charge in [-0.3, -0.25) is 9.97 Å². The van der Waals surface area contributed by atoms with E-state index in [1.165, 1.54) is 42.9 Å². The van der Waals surface area contributed by atoms with Gasteiger partial charge in [0.1, 0.15) is 0 Å². The zero-order valence-electron chi connectivity index (χ0n) is 13.0. The topological polar surface area (TPSA) is 25.8 Å². The lowest BCUT2D eigenvalue weighted by Crippen LogP contribution is -2.25. The Morgan fingerprint density at radius 3 is 2.48 bits per heavy atom. The maximum Gasteiger partial charge on any atom is 0.0885 e. The number of nitrogens with zero attached hydrogens (tertiary/aromatic N) is 2. The van der Waals surface area contributed by atoms with E-state index >= 15 is 0 Å². The second-order valence-electron chi connectivity index (χ2n) is 6.21. The van der Waals surface area contributed by atoms with Crippen LogP contribution in [-0.4, -0.2) is 18.8 Å². The van der Waals surface area contributed by atoms with Gasteiger partial charge in [0.15, 0.2) is 0 Å². The van der Waals surface area contributed by atoms with Crippen molar-refractivity contribution in [1.82, 2.24) is 9.97 Å². The van der Waals surface area contributed by atoms with Crippen LogP contribution in [0.15, 0.2) is 36.7 Å². The zero-order chi connectivity index (χ0) is 14.7. The molecule has 21 heavy (non-hydrogen) atoms. The van der Waals surface area contributed by atoms with E-state index in [1.54, 1.807) is 0 Å². The molecule has 0 bridgehead atoms. The van der Waals surface area contributed by atoms with Gasteiger partial charge in [-0.05, 0) is 41.6 Å². The van der Waals surface area contributed by atoms with Crippen LogP contribution >= 0.6 is 0 Å². The van der Waals surface area contributed by atoms with Gasteiger partial charge in [0, 0.05) is 12.4 Å². The lowest BCUT2D eigenvalue weighted by atomic mass is 9.85. The molecular formula is C18H23N2Si. The molecule has 0 unspecified atom stereocenters. The van der Waals surface area contributed by atoms with Gasteiger partial charge in [-0.15, -0.1) is 0 Å². The van der Waals surface area contributed by atoms with E-state index in [9.17, 15) is 0 Å². The molecule has 1 aliphatic rings. The first-order valence-corrected chi connectivity index (χ1v) is 10.5. The van der Waals surface area contributed by atoms with Gasteiger partial charge in [0.2, 0.25) is 0 Å². The Kier molecular flexibility index (Phi) is 4.49. The Labute approximate surface area is 129 Å². The number of hydrogen-bond acceptors (Lipinski definition) is 2. The molecule has 2 nitrogen and oxygen atoms in total. The van der Waals surface area contributed by atoms with Crippen LogP contribution in [0.3, 0.4) is 0 Å². The summed E-state index contributed by atoms with van der Waals surface area (Å²) in [6, 6.07) is 8.68. The summed E-state index contributed by atoms with van der Waals surface area (Å²) >= 11 is 0. The quantitative estimate of drug-likeness (QED) is 0.795. The predicted molar refractivity (Wildman–Crippen MR) is 90.4 cm³/mol. The van der Waals surface area contributed by atoms with E-state index in [4.69, 9.17) is 4.98 Å². The van der Waals surface area contributed by atoms with Crippen LogP contribution in [0.25, 0.3) is 11.4 Å². The van der Waals surface area contributed by atoms with E-state index in [0.29, 0.717) is 0 Å². The van der Waals surface area contributed by atoms with Crippen molar-refractivity contribution < 1.29 is 0 Å². The molecule has 2 aromatic rings. The van der Waals surface area contributed by atoms with Gasteiger partial charge < -0.3 is 0 Å². The average Bonchev–Trinajstić information content (AvgIpc) is 2.56. The van der Waals surface area contributed by atoms with Crippen molar-refractivity contribution in [3.63, 3.8) is 0 Å². The number of pyridine rings is 2. The summed E-state index contributed by atoms with van der Waals surface area (Å²) in [6.07, 6.45) is 10.8. The van der Waals surface area contributed by atoms with Crippen molar-refractivity contribution in [1.29, 1.82) is 0 Å². The summed E-state index contributed by atoms with van der Waals surface area (Å²) in [5.74, 6) is 0.723. The molecule has 1 saturated carbocycles. The Hall–Kier alpha value is -1.48. The van der Waals surface area contributed by atoms with Gasteiger partial charge in [-0.1, -0.05) is 44.5 Å². The molecule has 1 radical (unpaired) electrons. The molecule has 0 aliphatic heterocycles. The molecule has 3 heteroatoms. The molecule has 3 rings (SSSR count). The molecule has 0 amide bonds. The van der Waals surface area contributed by atoms with Crippen molar-refractivity contribution in [3.05, 3.63) is 42.2 Å². The highest BCUT2D eigenvalue weighted by Gasteiger charge is 2.17. The second-order valence-corrected chi connectivity index (χ2v) is 8.75. The number of hydrogen-bond donors (Lipinski definition) is 0. The predicted octanol–water partition coefficient (Wildman–Crippen LogP) is 4.15. The molecule has 2 aromatic heterocycles. The Bertz CT molecular complexity index is 586. The maximum absolute atomic E-state index is 4.72. The molecule has 2 heterocycles. The molecule has 109 valence electrons. The summed E-state index contributed by atoms with van der Waals surface area (Å²) < 4.78 is 0. The minimum atomic E-state index is -0.521. The summed E-state index contributed by atoms with van der Waals surface area (Å²) in [4.78, 5) is 9.30. The lowest BCUT2D eigenvalue weighted by molar-refractivity contribution is 0.443. The van der Waals surface area contributed by atoms with Crippen LogP contribution in [0.4, 0.5) is 0 Å². The van der Waals surface area contributed by atoms with Gasteiger partial charge >= 0.3 is 0 Å². The van der Waals surface area contributed by atoms with Gasteiger partial charge in [0.25, 0.3) is 0 Å². The molecule has 0 aromatic carbocycles. The zero-order valence-corrected chi connectivity index (χ0v) is 14.0. The van der Waals surface area contributed by atoms with E-state index < -0.39 is 8.80 Å². The minimum Gasteiger partial charge on any atom is -0.255 e. The third-order valence-electron chi connectivity index (χ3n) is 4.45. The SMILES string of the molecule is C[Si](C)c1cccnc1-c1ccc(C2CCCCC2)cn1.